The molecular formula is C21H22N4O2. The lowest BCUT2D eigenvalue weighted by Gasteiger charge is -2.05. The monoisotopic (exact) mass is 362 g/mol. The van der Waals surface area contributed by atoms with Crippen LogP contribution in [0.2, 0.25) is 0 Å². The summed E-state index contributed by atoms with van der Waals surface area (Å²) >= 11 is 0. The molecule has 0 aliphatic rings. The molecule has 0 fully saturated rings. The van der Waals surface area contributed by atoms with Crippen LogP contribution >= 0.6 is 0 Å². The summed E-state index contributed by atoms with van der Waals surface area (Å²) in [6, 6.07) is 9.93. The van der Waals surface area contributed by atoms with Crippen LogP contribution in [0.15, 0.2) is 36.7 Å². The minimum Gasteiger partial charge on any atom is -0.372 e. The molecule has 3 aromatic rings. The minimum absolute atomic E-state index is 0.211. The number of hydrogen-bond acceptors (Lipinski definition) is 4. The Morgan fingerprint density at radius 2 is 2.04 bits per heavy atom. The highest BCUT2D eigenvalue weighted by Gasteiger charge is 2.15. The van der Waals surface area contributed by atoms with E-state index in [9.17, 15) is 4.79 Å². The first-order chi connectivity index (χ1) is 13.1. The molecule has 1 N–H and O–H groups in total. The van der Waals surface area contributed by atoms with Gasteiger partial charge in [0.1, 0.15) is 12.9 Å². The van der Waals surface area contributed by atoms with Crippen LogP contribution in [0.25, 0.3) is 5.65 Å². The van der Waals surface area contributed by atoms with Gasteiger partial charge in [-0.1, -0.05) is 24.0 Å². The number of nitrogens with one attached hydrogen (secondary N) is 1. The van der Waals surface area contributed by atoms with Gasteiger partial charge in [-0.05, 0) is 44.0 Å². The molecule has 0 spiro atoms. The van der Waals surface area contributed by atoms with Gasteiger partial charge in [-0.2, -0.15) is 0 Å². The van der Waals surface area contributed by atoms with E-state index in [1.54, 1.807) is 13.4 Å². The second-order valence-electron chi connectivity index (χ2n) is 6.26. The number of carbonyl (C=O) groups excluding carboxylic acids is 1. The maximum atomic E-state index is 12.5. The number of aromatic nitrogens is 3. The highest BCUT2D eigenvalue weighted by atomic mass is 16.5. The number of amides is 1. The normalized spacial score (nSPS) is 10.5. The molecule has 0 saturated heterocycles. The van der Waals surface area contributed by atoms with Gasteiger partial charge in [0.25, 0.3) is 5.91 Å². The second kappa shape index (κ2) is 8.47. The first kappa shape index (κ1) is 18.6. The molecule has 0 radical (unpaired) electrons. The number of ether oxygens (including phenoxy) is 1. The summed E-state index contributed by atoms with van der Waals surface area (Å²) in [5.41, 5.74) is 4.88. The lowest BCUT2D eigenvalue weighted by atomic mass is 10.1. The van der Waals surface area contributed by atoms with Gasteiger partial charge in [0.2, 0.25) is 0 Å². The zero-order chi connectivity index (χ0) is 19.2. The van der Waals surface area contributed by atoms with E-state index < -0.39 is 0 Å². The molecule has 6 heteroatoms. The molecule has 0 aliphatic carbocycles. The van der Waals surface area contributed by atoms with E-state index in [-0.39, 0.29) is 5.91 Å². The Balaban J connectivity index is 1.60. The summed E-state index contributed by atoms with van der Waals surface area (Å²) < 4.78 is 6.73. The van der Waals surface area contributed by atoms with Crippen molar-refractivity contribution in [2.45, 2.75) is 20.3 Å². The van der Waals surface area contributed by atoms with Crippen LogP contribution in [0.1, 0.15) is 33.0 Å². The molecule has 27 heavy (non-hydrogen) atoms. The average Bonchev–Trinajstić information content (AvgIpc) is 3.07. The van der Waals surface area contributed by atoms with Crippen LogP contribution in [0, 0.1) is 25.7 Å². The molecule has 3 rings (SSSR count). The van der Waals surface area contributed by atoms with Crippen molar-refractivity contribution >= 4 is 11.6 Å². The van der Waals surface area contributed by atoms with E-state index in [2.05, 4.69) is 27.1 Å². The van der Waals surface area contributed by atoms with Gasteiger partial charge < -0.3 is 10.1 Å². The summed E-state index contributed by atoms with van der Waals surface area (Å²) in [4.78, 5) is 21.2. The Bertz CT molecular complexity index is 1010. The standard InChI is InChI=1S/C21H22N4O2/c1-15-13-16(2)25-14-23-19(20(25)24-15)21(26)22-11-10-18-8-6-17(7-9-18)5-4-12-27-3/h6-9,13-14H,10-12H2,1-3H3,(H,22,26). The first-order valence-corrected chi connectivity index (χ1v) is 8.74. The summed E-state index contributed by atoms with van der Waals surface area (Å²) in [5, 5.41) is 2.92. The predicted octanol–water partition coefficient (Wildman–Crippen LogP) is 2.32. The number of nitrogens with zero attached hydrogens (tertiary/aromatic N) is 3. The summed E-state index contributed by atoms with van der Waals surface area (Å²) in [7, 11) is 1.62. The van der Waals surface area contributed by atoms with Crippen molar-refractivity contribution in [2.24, 2.45) is 0 Å². The number of methoxy groups -OCH3 is 1. The Kier molecular flexibility index (Phi) is 5.84. The van der Waals surface area contributed by atoms with Crippen molar-refractivity contribution in [2.75, 3.05) is 20.3 Å². The molecule has 138 valence electrons. The highest BCUT2D eigenvalue weighted by Crippen LogP contribution is 2.11. The van der Waals surface area contributed by atoms with Gasteiger partial charge in [-0.15, -0.1) is 0 Å². The van der Waals surface area contributed by atoms with Crippen LogP contribution < -0.4 is 5.32 Å². The second-order valence-corrected chi connectivity index (χ2v) is 6.26. The zero-order valence-electron chi connectivity index (χ0n) is 15.7. The molecule has 2 heterocycles. The minimum atomic E-state index is -0.211. The smallest absolute Gasteiger partial charge is 0.273 e. The summed E-state index contributed by atoms with van der Waals surface area (Å²) in [5.74, 6) is 5.74. The Hall–Kier alpha value is -3.17. The maximum Gasteiger partial charge on any atom is 0.273 e. The molecule has 1 amide bonds. The molecule has 0 aliphatic heterocycles. The molecule has 2 aromatic heterocycles. The van der Waals surface area contributed by atoms with Crippen LogP contribution in [-0.4, -0.2) is 40.5 Å². The number of benzene rings is 1. The molecule has 0 saturated carbocycles. The third kappa shape index (κ3) is 4.52. The average molecular weight is 362 g/mol. The van der Waals surface area contributed by atoms with Crippen molar-refractivity contribution < 1.29 is 9.53 Å². The van der Waals surface area contributed by atoms with Gasteiger partial charge in [0.15, 0.2) is 11.3 Å². The summed E-state index contributed by atoms with van der Waals surface area (Å²) in [6.45, 7) is 4.82. The number of rotatable bonds is 5. The largest absolute Gasteiger partial charge is 0.372 e. The highest BCUT2D eigenvalue weighted by molar-refractivity contribution is 5.98. The van der Waals surface area contributed by atoms with Crippen LogP contribution in [-0.2, 0) is 11.2 Å². The van der Waals surface area contributed by atoms with E-state index in [0.717, 1.165) is 28.9 Å². The van der Waals surface area contributed by atoms with E-state index in [4.69, 9.17) is 4.74 Å². The number of fused-ring (bicyclic) bond motifs is 1. The molecule has 1 aromatic carbocycles. The Labute approximate surface area is 158 Å². The lowest BCUT2D eigenvalue weighted by molar-refractivity contribution is 0.0951. The molecule has 6 nitrogen and oxygen atoms in total. The van der Waals surface area contributed by atoms with E-state index in [0.29, 0.717) is 24.5 Å². The van der Waals surface area contributed by atoms with Crippen molar-refractivity contribution in [1.29, 1.82) is 0 Å². The van der Waals surface area contributed by atoms with Gasteiger partial charge >= 0.3 is 0 Å². The Morgan fingerprint density at radius 3 is 2.78 bits per heavy atom. The van der Waals surface area contributed by atoms with Crippen LogP contribution in [0.4, 0.5) is 0 Å². The zero-order valence-corrected chi connectivity index (χ0v) is 15.7. The molecule has 0 unspecified atom stereocenters. The van der Waals surface area contributed by atoms with Crippen molar-refractivity contribution in [3.63, 3.8) is 0 Å². The Morgan fingerprint density at radius 1 is 1.26 bits per heavy atom. The molecule has 0 bridgehead atoms. The quantitative estimate of drug-likeness (QED) is 0.707. The lowest BCUT2D eigenvalue weighted by Crippen LogP contribution is -2.26. The molecular weight excluding hydrogens is 340 g/mol. The summed E-state index contributed by atoms with van der Waals surface area (Å²) in [6.07, 6.45) is 2.37. The van der Waals surface area contributed by atoms with Crippen LogP contribution in [0.5, 0.6) is 0 Å². The third-order valence-corrected chi connectivity index (χ3v) is 4.14. The van der Waals surface area contributed by atoms with Gasteiger partial charge in [0.05, 0.1) is 0 Å². The number of aryl methyl sites for hydroxylation is 2. The van der Waals surface area contributed by atoms with Gasteiger partial charge in [-0.25, -0.2) is 9.97 Å². The van der Waals surface area contributed by atoms with E-state index in [1.807, 2.05) is 48.6 Å². The third-order valence-electron chi connectivity index (χ3n) is 4.14. The fraction of sp³-hybridized carbons (Fsp3) is 0.286. The first-order valence-electron chi connectivity index (χ1n) is 8.74. The molecule has 0 atom stereocenters. The predicted molar refractivity (Wildman–Crippen MR) is 104 cm³/mol. The maximum absolute atomic E-state index is 12.5. The van der Waals surface area contributed by atoms with E-state index in [1.165, 1.54) is 0 Å². The number of imidazole rings is 1. The number of hydrogen-bond donors (Lipinski definition) is 1. The fourth-order valence-corrected chi connectivity index (χ4v) is 2.81. The van der Waals surface area contributed by atoms with Crippen molar-refractivity contribution in [3.05, 3.63) is 64.9 Å². The van der Waals surface area contributed by atoms with Crippen molar-refractivity contribution in [1.82, 2.24) is 19.7 Å². The van der Waals surface area contributed by atoms with E-state index >= 15 is 0 Å². The topological polar surface area (TPSA) is 68.5 Å². The van der Waals surface area contributed by atoms with Gasteiger partial charge in [-0.3, -0.25) is 9.20 Å². The number of carbonyl (C=O) groups is 1. The fourth-order valence-electron chi connectivity index (χ4n) is 2.81. The van der Waals surface area contributed by atoms with Crippen molar-refractivity contribution in [3.8, 4) is 11.8 Å². The SMILES string of the molecule is COCC#Cc1ccc(CCNC(=O)c2ncn3c(C)cc(C)nc23)cc1. The van der Waals surface area contributed by atoms with Crippen LogP contribution in [0.3, 0.4) is 0 Å². The van der Waals surface area contributed by atoms with Gasteiger partial charge in [0, 0.05) is 30.6 Å².